The minimum atomic E-state index is -4.61. The average molecular weight is 518 g/mol. The lowest BCUT2D eigenvalue weighted by Crippen LogP contribution is -2.49. The van der Waals surface area contributed by atoms with E-state index in [1.165, 1.54) is 0 Å². The first-order valence-corrected chi connectivity index (χ1v) is 11.6. The van der Waals surface area contributed by atoms with Gasteiger partial charge in [-0.25, -0.2) is 4.39 Å². The number of methoxy groups -OCH3 is 1. The number of pyridine rings is 1. The van der Waals surface area contributed by atoms with Crippen molar-refractivity contribution in [1.29, 1.82) is 0 Å². The molecule has 4 rings (SSSR count). The first-order chi connectivity index (χ1) is 17.5. The summed E-state index contributed by atoms with van der Waals surface area (Å²) in [5.41, 5.74) is 1.57. The Balaban J connectivity index is 1.63. The number of carbonyl (C=O) groups is 1. The number of alkyl halides is 4. The molecule has 0 spiro atoms. The van der Waals surface area contributed by atoms with Crippen LogP contribution in [0.2, 0.25) is 0 Å². The third-order valence-electron chi connectivity index (χ3n) is 6.39. The SMILES string of the molecule is COCCN1C[C@@](F)(CO)Cc2ccc(-c3cc(NC(=O)c4cncc(C(F)(F)F)c4)ccc3C)cc21. The summed E-state index contributed by atoms with van der Waals surface area (Å²) < 4.78 is 59.3. The minimum absolute atomic E-state index is 0.0312. The predicted octanol–water partition coefficient (Wildman–Crippen LogP) is 5.04. The largest absolute Gasteiger partial charge is 0.417 e. The highest BCUT2D eigenvalue weighted by molar-refractivity contribution is 6.04. The Morgan fingerprint density at radius 3 is 2.68 bits per heavy atom. The third kappa shape index (κ3) is 5.91. The molecule has 0 fully saturated rings. The maximum atomic E-state index is 15.1. The van der Waals surface area contributed by atoms with Gasteiger partial charge in [0.05, 0.1) is 30.9 Å². The fourth-order valence-electron chi connectivity index (χ4n) is 4.44. The van der Waals surface area contributed by atoms with Gasteiger partial charge < -0.3 is 20.1 Å². The molecular weight excluding hydrogens is 490 g/mol. The van der Waals surface area contributed by atoms with Gasteiger partial charge in [0.2, 0.25) is 0 Å². The van der Waals surface area contributed by atoms with E-state index in [0.29, 0.717) is 25.0 Å². The molecule has 1 atom stereocenters. The highest BCUT2D eigenvalue weighted by atomic mass is 19.4. The smallest absolute Gasteiger partial charge is 0.393 e. The zero-order valence-corrected chi connectivity index (χ0v) is 20.4. The van der Waals surface area contributed by atoms with Crippen LogP contribution in [0.15, 0.2) is 54.9 Å². The van der Waals surface area contributed by atoms with Crippen molar-refractivity contribution in [3.63, 3.8) is 0 Å². The van der Waals surface area contributed by atoms with E-state index in [1.807, 2.05) is 30.0 Å². The summed E-state index contributed by atoms with van der Waals surface area (Å²) in [6, 6.07) is 11.6. The first-order valence-electron chi connectivity index (χ1n) is 11.6. The molecule has 3 aromatic rings. The second-order valence-corrected chi connectivity index (χ2v) is 9.19. The lowest BCUT2D eigenvalue weighted by atomic mass is 9.88. The van der Waals surface area contributed by atoms with Gasteiger partial charge in [-0.1, -0.05) is 18.2 Å². The van der Waals surface area contributed by atoms with Crippen molar-refractivity contribution in [2.24, 2.45) is 0 Å². The van der Waals surface area contributed by atoms with Crippen molar-refractivity contribution in [3.8, 4) is 11.1 Å². The Morgan fingerprint density at radius 2 is 1.97 bits per heavy atom. The minimum Gasteiger partial charge on any atom is -0.393 e. The fraction of sp³-hybridized carbons (Fsp3) is 0.333. The van der Waals surface area contributed by atoms with Crippen LogP contribution in [0.25, 0.3) is 11.1 Å². The molecule has 0 bridgehead atoms. The highest BCUT2D eigenvalue weighted by Crippen LogP contribution is 2.38. The summed E-state index contributed by atoms with van der Waals surface area (Å²) >= 11 is 0. The zero-order chi connectivity index (χ0) is 26.8. The number of anilines is 2. The van der Waals surface area contributed by atoms with Crippen molar-refractivity contribution in [1.82, 2.24) is 4.98 Å². The number of hydrogen-bond acceptors (Lipinski definition) is 5. The van der Waals surface area contributed by atoms with E-state index in [0.717, 1.165) is 40.2 Å². The number of fused-ring (bicyclic) bond motifs is 1. The summed E-state index contributed by atoms with van der Waals surface area (Å²) in [6.45, 7) is 2.18. The van der Waals surface area contributed by atoms with Crippen LogP contribution in [0.3, 0.4) is 0 Å². The van der Waals surface area contributed by atoms with Gasteiger partial charge in [-0.3, -0.25) is 9.78 Å². The number of aliphatic hydroxyl groups is 1. The van der Waals surface area contributed by atoms with Crippen LogP contribution in [0.5, 0.6) is 0 Å². The molecule has 2 N–H and O–H groups in total. The van der Waals surface area contributed by atoms with E-state index < -0.39 is 29.9 Å². The molecule has 0 aliphatic carbocycles. The summed E-state index contributed by atoms with van der Waals surface area (Å²) in [7, 11) is 1.56. The van der Waals surface area contributed by atoms with Gasteiger partial charge in [-0.2, -0.15) is 13.2 Å². The van der Waals surface area contributed by atoms with Gasteiger partial charge in [0.15, 0.2) is 5.67 Å². The molecule has 2 heterocycles. The van der Waals surface area contributed by atoms with Crippen LogP contribution in [0, 0.1) is 6.92 Å². The van der Waals surface area contributed by atoms with Gasteiger partial charge >= 0.3 is 6.18 Å². The van der Waals surface area contributed by atoms with E-state index in [-0.39, 0.29) is 18.5 Å². The lowest BCUT2D eigenvalue weighted by molar-refractivity contribution is -0.137. The van der Waals surface area contributed by atoms with Gasteiger partial charge in [-0.05, 0) is 53.4 Å². The van der Waals surface area contributed by atoms with E-state index in [1.54, 1.807) is 25.3 Å². The van der Waals surface area contributed by atoms with E-state index >= 15 is 4.39 Å². The topological polar surface area (TPSA) is 74.7 Å². The number of ether oxygens (including phenoxy) is 1. The van der Waals surface area contributed by atoms with Gasteiger partial charge in [-0.15, -0.1) is 0 Å². The quantitative estimate of drug-likeness (QED) is 0.430. The average Bonchev–Trinajstić information content (AvgIpc) is 2.87. The van der Waals surface area contributed by atoms with Crippen molar-refractivity contribution >= 4 is 17.3 Å². The number of hydrogen-bond donors (Lipinski definition) is 2. The summed E-state index contributed by atoms with van der Waals surface area (Å²) in [5, 5.41) is 12.2. The van der Waals surface area contributed by atoms with Crippen LogP contribution >= 0.6 is 0 Å². The number of aryl methyl sites for hydroxylation is 1. The third-order valence-corrected chi connectivity index (χ3v) is 6.39. The molecule has 6 nitrogen and oxygen atoms in total. The van der Waals surface area contributed by atoms with Crippen molar-refractivity contribution in [2.45, 2.75) is 25.2 Å². The van der Waals surface area contributed by atoms with Crippen LogP contribution in [0.1, 0.15) is 27.0 Å². The van der Waals surface area contributed by atoms with Crippen molar-refractivity contribution in [2.75, 3.05) is 43.6 Å². The molecule has 0 saturated carbocycles. The maximum Gasteiger partial charge on any atom is 0.417 e. The Bertz CT molecular complexity index is 1300. The molecule has 1 aliphatic rings. The molecular formula is C27H27F4N3O3. The summed E-state index contributed by atoms with van der Waals surface area (Å²) in [4.78, 5) is 18.1. The van der Waals surface area contributed by atoms with Crippen LogP contribution < -0.4 is 10.2 Å². The summed E-state index contributed by atoms with van der Waals surface area (Å²) in [6.07, 6.45) is -2.78. The number of rotatable bonds is 7. The molecule has 2 aromatic carbocycles. The molecule has 37 heavy (non-hydrogen) atoms. The first kappa shape index (κ1) is 26.6. The predicted molar refractivity (Wildman–Crippen MR) is 133 cm³/mol. The van der Waals surface area contributed by atoms with Crippen LogP contribution in [-0.4, -0.2) is 55.1 Å². The van der Waals surface area contributed by atoms with Crippen molar-refractivity contribution in [3.05, 3.63) is 77.1 Å². The summed E-state index contributed by atoms with van der Waals surface area (Å²) in [5.74, 6) is -0.715. The normalized spacial score (nSPS) is 17.4. The molecule has 1 aliphatic heterocycles. The molecule has 196 valence electrons. The van der Waals surface area contributed by atoms with Crippen molar-refractivity contribution < 1.29 is 32.2 Å². The number of benzene rings is 2. The van der Waals surface area contributed by atoms with Gasteiger partial charge in [0, 0.05) is 43.8 Å². The van der Waals surface area contributed by atoms with E-state index in [9.17, 15) is 23.1 Å². The van der Waals surface area contributed by atoms with Gasteiger partial charge in [0.1, 0.15) is 0 Å². The highest BCUT2D eigenvalue weighted by Gasteiger charge is 2.37. The van der Waals surface area contributed by atoms with Crippen LogP contribution in [0.4, 0.5) is 28.9 Å². The molecule has 10 heteroatoms. The number of aliphatic hydroxyl groups excluding tert-OH is 1. The second kappa shape index (κ2) is 10.5. The second-order valence-electron chi connectivity index (χ2n) is 9.19. The Labute approximate surface area is 211 Å². The number of carbonyl (C=O) groups excluding carboxylic acids is 1. The Hall–Kier alpha value is -3.50. The molecule has 1 amide bonds. The Morgan fingerprint density at radius 1 is 1.19 bits per heavy atom. The number of nitrogens with zero attached hydrogens (tertiary/aromatic N) is 2. The number of amides is 1. The molecule has 1 aromatic heterocycles. The monoisotopic (exact) mass is 517 g/mol. The number of aromatic nitrogens is 1. The van der Waals surface area contributed by atoms with Gasteiger partial charge in [0.25, 0.3) is 5.91 Å². The fourth-order valence-corrected chi connectivity index (χ4v) is 4.44. The van der Waals surface area contributed by atoms with Crippen LogP contribution in [-0.2, 0) is 17.3 Å². The molecule has 0 saturated heterocycles. The standard InChI is InChI=1S/C27H27F4N3O3/c1-17-3-6-22(33-25(36)20-9-21(14-32-13-20)27(29,30)31)11-23(17)18-4-5-19-12-26(28,16-35)15-34(7-8-37-2)24(19)10-18/h3-6,9-11,13-14,35H,7-8,12,15-16H2,1-2H3,(H,33,36)/t26-/m1/s1. The van der Waals surface area contributed by atoms with E-state index in [2.05, 4.69) is 10.3 Å². The molecule has 0 unspecified atom stereocenters. The number of halogens is 4. The van der Waals surface area contributed by atoms with E-state index in [4.69, 9.17) is 4.74 Å². The zero-order valence-electron chi connectivity index (χ0n) is 20.4. The maximum absolute atomic E-state index is 15.1. The molecule has 0 radical (unpaired) electrons. The Kier molecular flexibility index (Phi) is 7.52. The number of nitrogens with one attached hydrogen (secondary N) is 1. The lowest BCUT2D eigenvalue weighted by Gasteiger charge is -2.39.